The van der Waals surface area contributed by atoms with Crippen molar-refractivity contribution >= 4 is 34.0 Å². The zero-order valence-corrected chi connectivity index (χ0v) is 17.2. The molecular weight excluding hydrogens is 361 g/mol. The normalized spacial score (nSPS) is 44.0. The van der Waals surface area contributed by atoms with Crippen LogP contribution in [0.3, 0.4) is 0 Å². The van der Waals surface area contributed by atoms with Crippen molar-refractivity contribution in [3.05, 3.63) is 0 Å². The van der Waals surface area contributed by atoms with Gasteiger partial charge in [-0.05, 0) is 11.8 Å². The minimum absolute atomic E-state index is 0.00563. The maximum absolute atomic E-state index is 6.12. The number of ether oxygens (including phenoxy) is 4. The van der Waals surface area contributed by atoms with E-state index in [1.165, 1.54) is 0 Å². The SMILES string of the molecule is [B][C@@H]1O[C@H](COP(C)(=S)OC2C(C)[C@H]([B])O[C@@H]2COC)C(OC)C1C. The van der Waals surface area contributed by atoms with Crippen LogP contribution in [0.1, 0.15) is 13.8 Å². The first kappa shape index (κ1) is 21.8. The van der Waals surface area contributed by atoms with Crippen molar-refractivity contribution < 1.29 is 28.0 Å². The topological polar surface area (TPSA) is 55.4 Å². The molecule has 0 aromatic rings. The molecule has 2 aliphatic heterocycles. The lowest BCUT2D eigenvalue weighted by molar-refractivity contribution is -0.0262. The first-order chi connectivity index (χ1) is 11.7. The summed E-state index contributed by atoms with van der Waals surface area (Å²) in [7, 11) is 15.2. The summed E-state index contributed by atoms with van der Waals surface area (Å²) >= 11 is 5.58. The Morgan fingerprint density at radius 3 is 2.00 bits per heavy atom. The lowest BCUT2D eigenvalue weighted by Crippen LogP contribution is -2.33. The molecular formula is C15H27B2O6PS. The van der Waals surface area contributed by atoms with Crippen molar-refractivity contribution in [2.75, 3.05) is 34.1 Å². The Labute approximate surface area is 158 Å². The van der Waals surface area contributed by atoms with Crippen molar-refractivity contribution in [3.8, 4) is 0 Å². The highest BCUT2D eigenvalue weighted by atomic mass is 32.5. The monoisotopic (exact) mass is 388 g/mol. The molecule has 0 N–H and O–H groups in total. The molecule has 0 aliphatic carbocycles. The fourth-order valence-corrected chi connectivity index (χ4v) is 5.01. The van der Waals surface area contributed by atoms with Crippen LogP contribution >= 0.6 is 6.49 Å². The van der Waals surface area contributed by atoms with E-state index >= 15 is 0 Å². The summed E-state index contributed by atoms with van der Waals surface area (Å²) in [6, 6.07) is -0.781. The Morgan fingerprint density at radius 2 is 1.48 bits per heavy atom. The molecule has 25 heavy (non-hydrogen) atoms. The minimum Gasteiger partial charge on any atom is -0.382 e. The lowest BCUT2D eigenvalue weighted by Gasteiger charge is -2.29. The van der Waals surface area contributed by atoms with E-state index in [0.717, 1.165) is 0 Å². The molecule has 2 saturated heterocycles. The van der Waals surface area contributed by atoms with E-state index in [2.05, 4.69) is 0 Å². The molecule has 0 aromatic carbocycles. The molecule has 9 atom stereocenters. The van der Waals surface area contributed by atoms with Gasteiger partial charge < -0.3 is 28.0 Å². The molecule has 0 saturated carbocycles. The maximum Gasteiger partial charge on any atom is 0.186 e. The van der Waals surface area contributed by atoms with Crippen LogP contribution in [0.15, 0.2) is 0 Å². The summed E-state index contributed by atoms with van der Waals surface area (Å²) in [6.45, 7) is 3.89. The highest BCUT2D eigenvalue weighted by Gasteiger charge is 2.43. The minimum atomic E-state index is -2.53. The summed E-state index contributed by atoms with van der Waals surface area (Å²) in [5.74, 6) is 0.0792. The summed E-state index contributed by atoms with van der Waals surface area (Å²) in [5, 5.41) is 0. The van der Waals surface area contributed by atoms with Gasteiger partial charge in [-0.25, -0.2) is 0 Å². The summed E-state index contributed by atoms with van der Waals surface area (Å²) < 4.78 is 34.1. The van der Waals surface area contributed by atoms with Crippen molar-refractivity contribution in [3.63, 3.8) is 0 Å². The van der Waals surface area contributed by atoms with Crippen LogP contribution < -0.4 is 0 Å². The van der Waals surface area contributed by atoms with Gasteiger partial charge in [0.05, 0.1) is 25.4 Å². The van der Waals surface area contributed by atoms with E-state index in [9.17, 15) is 0 Å². The highest BCUT2D eigenvalue weighted by Crippen LogP contribution is 2.49. The van der Waals surface area contributed by atoms with E-state index in [0.29, 0.717) is 6.61 Å². The van der Waals surface area contributed by atoms with E-state index in [1.807, 2.05) is 13.8 Å². The molecule has 0 spiro atoms. The predicted molar refractivity (Wildman–Crippen MR) is 101 cm³/mol. The molecule has 0 bridgehead atoms. The molecule has 0 aromatic heterocycles. The Bertz CT molecular complexity index is 487. The van der Waals surface area contributed by atoms with Crippen molar-refractivity contribution in [2.45, 2.75) is 50.3 Å². The largest absolute Gasteiger partial charge is 0.382 e. The van der Waals surface area contributed by atoms with E-state index in [-0.39, 0.29) is 48.9 Å². The quantitative estimate of drug-likeness (QED) is 0.455. The fraction of sp³-hybridized carbons (Fsp3) is 1.00. The molecule has 140 valence electrons. The average Bonchev–Trinajstić information content (AvgIpc) is 2.97. The van der Waals surface area contributed by atoms with E-state index in [1.54, 1.807) is 20.9 Å². The number of hydrogen-bond acceptors (Lipinski definition) is 7. The second-order valence-corrected chi connectivity index (χ2v) is 10.8. The molecule has 10 heteroatoms. The Kier molecular flexibility index (Phi) is 8.00. The van der Waals surface area contributed by atoms with Gasteiger partial charge in [-0.3, -0.25) is 0 Å². The third-order valence-corrected chi connectivity index (χ3v) is 6.68. The molecule has 4 radical (unpaired) electrons. The zero-order chi connectivity index (χ0) is 18.8. The van der Waals surface area contributed by atoms with Crippen LogP contribution in [0.5, 0.6) is 0 Å². The van der Waals surface area contributed by atoms with Crippen LogP contribution in [0.2, 0.25) is 0 Å². The van der Waals surface area contributed by atoms with Gasteiger partial charge in [0.1, 0.15) is 27.9 Å². The molecule has 2 heterocycles. The molecule has 5 unspecified atom stereocenters. The van der Waals surface area contributed by atoms with E-state index in [4.69, 9.17) is 55.5 Å². The first-order valence-corrected chi connectivity index (χ1v) is 11.5. The first-order valence-electron chi connectivity index (χ1n) is 8.44. The van der Waals surface area contributed by atoms with Crippen LogP contribution in [0, 0.1) is 11.8 Å². The van der Waals surface area contributed by atoms with Gasteiger partial charge in [0, 0.05) is 44.7 Å². The molecule has 0 amide bonds. The number of rotatable bonds is 8. The smallest absolute Gasteiger partial charge is 0.186 e. The van der Waals surface area contributed by atoms with Gasteiger partial charge in [-0.15, -0.1) is 0 Å². The fourth-order valence-electron chi connectivity index (χ4n) is 3.28. The molecule has 2 aliphatic rings. The van der Waals surface area contributed by atoms with E-state index < -0.39 is 12.5 Å². The van der Waals surface area contributed by atoms with Crippen LogP contribution in [-0.4, -0.2) is 86.2 Å². The molecule has 2 fully saturated rings. The number of methoxy groups -OCH3 is 2. The standard InChI is InChI=1S/C15H27B2O6PS/c1-8-12(19-4)11(22-14(8)16)7-20-24(5,25)23-13-9(2)15(17)21-10(13)6-18-3/h8-15H,6-7H2,1-5H3/t8?,9?,10-,11-,12?,13?,14-,15-,24?/m1/s1. The highest BCUT2D eigenvalue weighted by molar-refractivity contribution is 8.09. The predicted octanol–water partition coefficient (Wildman–Crippen LogP) is 1.05. The van der Waals surface area contributed by atoms with Crippen molar-refractivity contribution in [1.29, 1.82) is 0 Å². The summed E-state index contributed by atoms with van der Waals surface area (Å²) in [5.41, 5.74) is 0. The van der Waals surface area contributed by atoms with Gasteiger partial charge >= 0.3 is 0 Å². The molecule has 6 nitrogen and oxygen atoms in total. The lowest BCUT2D eigenvalue weighted by atomic mass is 9.86. The van der Waals surface area contributed by atoms with Crippen LogP contribution in [-0.2, 0) is 39.8 Å². The summed E-state index contributed by atoms with van der Waals surface area (Å²) in [6.07, 6.45) is -0.929. The maximum atomic E-state index is 6.12. The van der Waals surface area contributed by atoms with Crippen molar-refractivity contribution in [1.82, 2.24) is 0 Å². The van der Waals surface area contributed by atoms with Gasteiger partial charge in [0.2, 0.25) is 0 Å². The summed E-state index contributed by atoms with van der Waals surface area (Å²) in [4.78, 5) is 0. The number of hydrogen-bond donors (Lipinski definition) is 0. The Balaban J connectivity index is 1.94. The van der Waals surface area contributed by atoms with Crippen LogP contribution in [0.25, 0.3) is 0 Å². The average molecular weight is 388 g/mol. The van der Waals surface area contributed by atoms with Gasteiger partial charge in [-0.2, -0.15) is 0 Å². The third kappa shape index (κ3) is 5.29. The Hall–Kier alpha value is 0.540. The van der Waals surface area contributed by atoms with Gasteiger partial charge in [-0.1, -0.05) is 13.8 Å². The second-order valence-electron chi connectivity index (χ2n) is 6.79. The molecule has 2 rings (SSSR count). The van der Waals surface area contributed by atoms with Crippen LogP contribution in [0.4, 0.5) is 0 Å². The van der Waals surface area contributed by atoms with Gasteiger partial charge in [0.25, 0.3) is 0 Å². The second kappa shape index (κ2) is 9.16. The third-order valence-electron chi connectivity index (χ3n) is 4.86. The van der Waals surface area contributed by atoms with Crippen molar-refractivity contribution in [2.24, 2.45) is 11.8 Å². The van der Waals surface area contributed by atoms with Gasteiger partial charge in [0.15, 0.2) is 6.49 Å². The zero-order valence-electron chi connectivity index (χ0n) is 15.5. The Morgan fingerprint density at radius 1 is 0.960 bits per heavy atom.